The molecule has 0 saturated carbocycles. The van der Waals surface area contributed by atoms with E-state index in [9.17, 15) is 4.79 Å². The van der Waals surface area contributed by atoms with Gasteiger partial charge in [0.2, 0.25) is 0 Å². The third-order valence-electron chi connectivity index (χ3n) is 4.71. The molecule has 6 nitrogen and oxygen atoms in total. The van der Waals surface area contributed by atoms with E-state index >= 15 is 0 Å². The van der Waals surface area contributed by atoms with Crippen LogP contribution in [0.15, 0.2) is 24.5 Å². The topological polar surface area (TPSA) is 63.7 Å². The number of piperidine rings is 1. The van der Waals surface area contributed by atoms with Gasteiger partial charge in [0.15, 0.2) is 0 Å². The molecule has 126 valence electrons. The van der Waals surface area contributed by atoms with Crippen molar-refractivity contribution in [1.29, 1.82) is 0 Å². The normalized spacial score (nSPS) is 28.1. The summed E-state index contributed by atoms with van der Waals surface area (Å²) in [6, 6.07) is 3.49. The van der Waals surface area contributed by atoms with E-state index in [1.54, 1.807) is 31.6 Å². The van der Waals surface area contributed by atoms with E-state index in [4.69, 9.17) is 9.47 Å². The summed E-state index contributed by atoms with van der Waals surface area (Å²) in [4.78, 5) is 18.8. The lowest BCUT2D eigenvalue weighted by atomic mass is 9.85. The molecule has 0 aliphatic carbocycles. The minimum atomic E-state index is -0.0566. The standard InChI is InChI=1S/C17H25N3O3/c1-22-10-8-20-11-14-3-2-9-23-16(14)15(12-20)19-17(21)13-4-6-18-7-5-13/h4-7,14-16H,2-3,8-12H2,1H3,(H,19,21)/t14-,15+,16-/m0/s1. The van der Waals surface area contributed by atoms with Gasteiger partial charge in [0.05, 0.1) is 18.8 Å². The Labute approximate surface area is 137 Å². The zero-order valence-corrected chi connectivity index (χ0v) is 13.6. The van der Waals surface area contributed by atoms with Crippen LogP contribution in [0.3, 0.4) is 0 Å². The molecule has 0 aromatic carbocycles. The number of amides is 1. The highest BCUT2D eigenvalue weighted by Crippen LogP contribution is 2.28. The van der Waals surface area contributed by atoms with Crippen LogP contribution in [0.5, 0.6) is 0 Å². The first kappa shape index (κ1) is 16.4. The van der Waals surface area contributed by atoms with Crippen LogP contribution in [0.25, 0.3) is 0 Å². The van der Waals surface area contributed by atoms with E-state index in [-0.39, 0.29) is 18.1 Å². The molecule has 1 N–H and O–H groups in total. The number of fused-ring (bicyclic) bond motifs is 1. The highest BCUT2D eigenvalue weighted by molar-refractivity contribution is 5.94. The Bertz CT molecular complexity index is 511. The molecule has 23 heavy (non-hydrogen) atoms. The second kappa shape index (κ2) is 7.86. The fourth-order valence-corrected chi connectivity index (χ4v) is 3.58. The van der Waals surface area contributed by atoms with Gasteiger partial charge in [-0.3, -0.25) is 14.7 Å². The Balaban J connectivity index is 1.67. The van der Waals surface area contributed by atoms with Gasteiger partial charge in [0.1, 0.15) is 0 Å². The summed E-state index contributed by atoms with van der Waals surface area (Å²) < 4.78 is 11.2. The highest BCUT2D eigenvalue weighted by atomic mass is 16.5. The van der Waals surface area contributed by atoms with Crippen molar-refractivity contribution in [2.45, 2.75) is 25.0 Å². The van der Waals surface area contributed by atoms with Crippen molar-refractivity contribution in [3.8, 4) is 0 Å². The number of nitrogens with zero attached hydrogens (tertiary/aromatic N) is 2. The van der Waals surface area contributed by atoms with Crippen molar-refractivity contribution in [1.82, 2.24) is 15.2 Å². The van der Waals surface area contributed by atoms with Crippen LogP contribution >= 0.6 is 0 Å². The molecule has 6 heteroatoms. The number of ether oxygens (including phenoxy) is 2. The molecule has 2 aliphatic heterocycles. The summed E-state index contributed by atoms with van der Waals surface area (Å²) in [5, 5.41) is 3.17. The molecule has 2 aliphatic rings. The predicted molar refractivity (Wildman–Crippen MR) is 86.3 cm³/mol. The van der Waals surface area contributed by atoms with Gasteiger partial charge in [-0.25, -0.2) is 0 Å². The van der Waals surface area contributed by atoms with Crippen molar-refractivity contribution in [3.63, 3.8) is 0 Å². The molecular weight excluding hydrogens is 294 g/mol. The molecule has 1 aromatic heterocycles. The summed E-state index contributed by atoms with van der Waals surface area (Å²) in [5.74, 6) is 0.427. The first-order valence-electron chi connectivity index (χ1n) is 8.31. The molecule has 3 rings (SSSR count). The Hall–Kier alpha value is -1.50. The Morgan fingerprint density at radius 1 is 1.43 bits per heavy atom. The van der Waals surface area contributed by atoms with Gasteiger partial charge in [0.25, 0.3) is 5.91 Å². The smallest absolute Gasteiger partial charge is 0.251 e. The number of hydrogen-bond donors (Lipinski definition) is 1. The zero-order valence-electron chi connectivity index (χ0n) is 13.6. The number of carbonyl (C=O) groups excluding carboxylic acids is 1. The number of carbonyl (C=O) groups is 1. The van der Waals surface area contributed by atoms with Crippen LogP contribution in [-0.4, -0.2) is 67.9 Å². The van der Waals surface area contributed by atoms with Gasteiger partial charge < -0.3 is 14.8 Å². The summed E-state index contributed by atoms with van der Waals surface area (Å²) in [5.41, 5.74) is 0.640. The molecule has 0 unspecified atom stereocenters. The first-order valence-corrected chi connectivity index (χ1v) is 8.31. The number of hydrogen-bond acceptors (Lipinski definition) is 5. The minimum absolute atomic E-state index is 0.0200. The van der Waals surface area contributed by atoms with E-state index in [0.717, 1.165) is 39.1 Å². The van der Waals surface area contributed by atoms with Crippen LogP contribution in [0.2, 0.25) is 0 Å². The highest BCUT2D eigenvalue weighted by Gasteiger charge is 2.39. The minimum Gasteiger partial charge on any atom is -0.383 e. The lowest BCUT2D eigenvalue weighted by Crippen LogP contribution is -2.61. The second-order valence-electron chi connectivity index (χ2n) is 6.31. The maximum absolute atomic E-state index is 12.5. The fourth-order valence-electron chi connectivity index (χ4n) is 3.58. The number of nitrogens with one attached hydrogen (secondary N) is 1. The monoisotopic (exact) mass is 319 g/mol. The van der Waals surface area contributed by atoms with Crippen molar-refractivity contribution in [2.75, 3.05) is 40.0 Å². The third kappa shape index (κ3) is 4.07. The summed E-state index contributed by atoms with van der Waals surface area (Å²) in [7, 11) is 1.72. The van der Waals surface area contributed by atoms with Gasteiger partial charge >= 0.3 is 0 Å². The van der Waals surface area contributed by atoms with E-state index in [2.05, 4.69) is 15.2 Å². The third-order valence-corrected chi connectivity index (χ3v) is 4.71. The van der Waals surface area contributed by atoms with E-state index in [0.29, 0.717) is 18.1 Å². The lowest BCUT2D eigenvalue weighted by Gasteiger charge is -2.46. The van der Waals surface area contributed by atoms with Gasteiger partial charge in [-0.1, -0.05) is 0 Å². The van der Waals surface area contributed by atoms with Gasteiger partial charge in [0, 0.05) is 51.3 Å². The van der Waals surface area contributed by atoms with Crippen LogP contribution in [0, 0.1) is 5.92 Å². The number of rotatable bonds is 5. The van der Waals surface area contributed by atoms with E-state index < -0.39 is 0 Å². The largest absolute Gasteiger partial charge is 0.383 e. The summed E-state index contributed by atoms with van der Waals surface area (Å²) in [6.07, 6.45) is 5.66. The quantitative estimate of drug-likeness (QED) is 0.875. The maximum Gasteiger partial charge on any atom is 0.251 e. The number of methoxy groups -OCH3 is 1. The molecule has 0 radical (unpaired) electrons. The van der Waals surface area contributed by atoms with Gasteiger partial charge in [-0.2, -0.15) is 0 Å². The second-order valence-corrected chi connectivity index (χ2v) is 6.31. The average Bonchev–Trinajstić information content (AvgIpc) is 2.60. The van der Waals surface area contributed by atoms with E-state index in [1.807, 2.05) is 0 Å². The fraction of sp³-hybridized carbons (Fsp3) is 0.647. The van der Waals surface area contributed by atoms with Crippen LogP contribution in [-0.2, 0) is 9.47 Å². The van der Waals surface area contributed by atoms with Crippen LogP contribution in [0.4, 0.5) is 0 Å². The maximum atomic E-state index is 12.5. The van der Waals surface area contributed by atoms with Gasteiger partial charge in [-0.15, -0.1) is 0 Å². The Morgan fingerprint density at radius 3 is 3.04 bits per heavy atom. The lowest BCUT2D eigenvalue weighted by molar-refractivity contribution is -0.0853. The number of pyridine rings is 1. The molecule has 2 saturated heterocycles. The zero-order chi connectivity index (χ0) is 16.1. The molecule has 1 aromatic rings. The predicted octanol–water partition coefficient (Wildman–Crippen LogP) is 0.937. The van der Waals surface area contributed by atoms with E-state index in [1.165, 1.54) is 0 Å². The average molecular weight is 319 g/mol. The summed E-state index contributed by atoms with van der Waals surface area (Å²) in [6.45, 7) is 4.22. The van der Waals surface area contributed by atoms with Crippen molar-refractivity contribution >= 4 is 5.91 Å². The van der Waals surface area contributed by atoms with Crippen molar-refractivity contribution in [2.24, 2.45) is 5.92 Å². The summed E-state index contributed by atoms with van der Waals surface area (Å²) >= 11 is 0. The van der Waals surface area contributed by atoms with Crippen LogP contribution in [0.1, 0.15) is 23.2 Å². The molecular formula is C17H25N3O3. The molecule has 3 atom stereocenters. The van der Waals surface area contributed by atoms with Crippen LogP contribution < -0.4 is 5.32 Å². The SMILES string of the molecule is COCCN1C[C@@H]2CCCO[C@@H]2[C@H](NC(=O)c2ccncc2)C1. The Morgan fingerprint density at radius 2 is 2.26 bits per heavy atom. The number of aromatic nitrogens is 1. The molecule has 0 bridgehead atoms. The molecule has 3 heterocycles. The Kier molecular flexibility index (Phi) is 5.59. The number of likely N-dealkylation sites (tertiary alicyclic amines) is 1. The van der Waals surface area contributed by atoms with Gasteiger partial charge in [-0.05, 0) is 30.9 Å². The van der Waals surface area contributed by atoms with Crippen molar-refractivity contribution in [3.05, 3.63) is 30.1 Å². The molecule has 2 fully saturated rings. The van der Waals surface area contributed by atoms with Crippen molar-refractivity contribution < 1.29 is 14.3 Å². The molecule has 0 spiro atoms. The molecule has 1 amide bonds. The first-order chi connectivity index (χ1) is 11.3.